The lowest BCUT2D eigenvalue weighted by atomic mass is 10.1. The molecule has 0 saturated carbocycles. The molecule has 144 valence electrons. The summed E-state index contributed by atoms with van der Waals surface area (Å²) in [6, 6.07) is 5.53. The monoisotopic (exact) mass is 381 g/mol. The predicted octanol–water partition coefficient (Wildman–Crippen LogP) is 0.0174. The number of aliphatic hydroxyl groups is 1. The zero-order valence-corrected chi connectivity index (χ0v) is 16.1. The van der Waals surface area contributed by atoms with Crippen molar-refractivity contribution in [3.05, 3.63) is 29.3 Å². The molecule has 8 heteroatoms. The molecular formula is C18H27N3O4S. The second-order valence-corrected chi connectivity index (χ2v) is 9.47. The molecule has 0 aliphatic carbocycles. The van der Waals surface area contributed by atoms with E-state index in [-0.39, 0.29) is 23.5 Å². The van der Waals surface area contributed by atoms with E-state index in [4.69, 9.17) is 0 Å². The second kappa shape index (κ2) is 7.64. The maximum atomic E-state index is 12.3. The van der Waals surface area contributed by atoms with Crippen molar-refractivity contribution in [3.63, 3.8) is 0 Å². The summed E-state index contributed by atoms with van der Waals surface area (Å²) in [4.78, 5) is 16.4. The SMILES string of the molecule is Cc1cccc(NC(=O)CN2CCN([C@@H]3CS(=O)(=O)C[C@H]3O)CC2)c1C. The molecule has 0 radical (unpaired) electrons. The van der Waals surface area contributed by atoms with Gasteiger partial charge >= 0.3 is 0 Å². The largest absolute Gasteiger partial charge is 0.390 e. The number of sulfone groups is 1. The highest BCUT2D eigenvalue weighted by Crippen LogP contribution is 2.20. The van der Waals surface area contributed by atoms with Crippen LogP contribution in [0.3, 0.4) is 0 Å². The Labute approximate surface area is 154 Å². The van der Waals surface area contributed by atoms with E-state index in [9.17, 15) is 18.3 Å². The summed E-state index contributed by atoms with van der Waals surface area (Å²) in [7, 11) is -3.14. The summed E-state index contributed by atoms with van der Waals surface area (Å²) in [5.74, 6) is -0.159. The van der Waals surface area contributed by atoms with Gasteiger partial charge in [-0.25, -0.2) is 8.42 Å². The summed E-state index contributed by atoms with van der Waals surface area (Å²) in [5, 5.41) is 13.0. The number of aryl methyl sites for hydroxylation is 1. The van der Waals surface area contributed by atoms with Crippen LogP contribution in [-0.4, -0.2) is 85.6 Å². The maximum absolute atomic E-state index is 12.3. The van der Waals surface area contributed by atoms with E-state index in [0.717, 1.165) is 16.8 Å². The van der Waals surface area contributed by atoms with Crippen molar-refractivity contribution in [1.82, 2.24) is 9.80 Å². The van der Waals surface area contributed by atoms with Crippen LogP contribution in [0.25, 0.3) is 0 Å². The molecule has 2 heterocycles. The van der Waals surface area contributed by atoms with Gasteiger partial charge in [-0.15, -0.1) is 0 Å². The van der Waals surface area contributed by atoms with Gasteiger partial charge in [0.05, 0.1) is 30.2 Å². The summed E-state index contributed by atoms with van der Waals surface area (Å²) in [6.07, 6.45) is -0.806. The fourth-order valence-electron chi connectivity index (χ4n) is 3.69. The number of benzene rings is 1. The lowest BCUT2D eigenvalue weighted by Gasteiger charge is -2.38. The Kier molecular flexibility index (Phi) is 5.67. The number of piperazine rings is 1. The number of hydrogen-bond acceptors (Lipinski definition) is 6. The molecule has 3 rings (SSSR count). The average molecular weight is 381 g/mol. The molecule has 7 nitrogen and oxygen atoms in total. The molecule has 1 amide bonds. The van der Waals surface area contributed by atoms with Crippen LogP contribution < -0.4 is 5.32 Å². The number of amides is 1. The van der Waals surface area contributed by atoms with Gasteiger partial charge in [-0.1, -0.05) is 12.1 Å². The normalized spacial score (nSPS) is 26.7. The minimum atomic E-state index is -3.14. The fourth-order valence-corrected chi connectivity index (χ4v) is 5.52. The third-order valence-corrected chi connectivity index (χ3v) is 7.11. The first-order chi connectivity index (χ1) is 12.2. The van der Waals surface area contributed by atoms with Gasteiger partial charge in [0.2, 0.25) is 5.91 Å². The van der Waals surface area contributed by atoms with Gasteiger partial charge in [0.15, 0.2) is 9.84 Å². The number of nitrogens with zero attached hydrogens (tertiary/aromatic N) is 2. The van der Waals surface area contributed by atoms with Gasteiger partial charge in [-0.2, -0.15) is 0 Å². The van der Waals surface area contributed by atoms with Crippen molar-refractivity contribution < 1.29 is 18.3 Å². The third-order valence-electron chi connectivity index (χ3n) is 5.42. The lowest BCUT2D eigenvalue weighted by molar-refractivity contribution is -0.117. The van der Waals surface area contributed by atoms with Crippen LogP contribution in [0.5, 0.6) is 0 Å². The fraction of sp³-hybridized carbons (Fsp3) is 0.611. The average Bonchev–Trinajstić information content (AvgIpc) is 2.85. The van der Waals surface area contributed by atoms with Gasteiger partial charge in [-0.3, -0.25) is 14.6 Å². The molecule has 2 N–H and O–H groups in total. The van der Waals surface area contributed by atoms with Crippen LogP contribution >= 0.6 is 0 Å². The molecule has 26 heavy (non-hydrogen) atoms. The van der Waals surface area contributed by atoms with E-state index in [2.05, 4.69) is 10.2 Å². The Balaban J connectivity index is 1.49. The van der Waals surface area contributed by atoms with Gasteiger partial charge in [0.25, 0.3) is 0 Å². The van der Waals surface area contributed by atoms with Gasteiger partial charge in [0.1, 0.15) is 0 Å². The van der Waals surface area contributed by atoms with Gasteiger partial charge < -0.3 is 10.4 Å². The van der Waals surface area contributed by atoms with Crippen LogP contribution in [0.1, 0.15) is 11.1 Å². The first-order valence-electron chi connectivity index (χ1n) is 8.96. The number of anilines is 1. The van der Waals surface area contributed by atoms with E-state index in [1.165, 1.54) is 0 Å². The number of rotatable bonds is 4. The molecular weight excluding hydrogens is 354 g/mol. The highest BCUT2D eigenvalue weighted by Gasteiger charge is 2.40. The van der Waals surface area contributed by atoms with Gasteiger partial charge in [0, 0.05) is 31.9 Å². The number of hydrogen-bond donors (Lipinski definition) is 2. The van der Waals surface area contributed by atoms with E-state index in [1.807, 2.05) is 36.9 Å². The van der Waals surface area contributed by atoms with Crippen LogP contribution in [-0.2, 0) is 14.6 Å². The van der Waals surface area contributed by atoms with Crippen LogP contribution in [0.4, 0.5) is 5.69 Å². The van der Waals surface area contributed by atoms with E-state index >= 15 is 0 Å². The highest BCUT2D eigenvalue weighted by molar-refractivity contribution is 7.91. The minimum absolute atomic E-state index is 0.0291. The molecule has 2 saturated heterocycles. The quantitative estimate of drug-likeness (QED) is 0.764. The van der Waals surface area contributed by atoms with Crippen molar-refractivity contribution in [2.45, 2.75) is 26.0 Å². The third kappa shape index (κ3) is 4.43. The minimum Gasteiger partial charge on any atom is -0.390 e. The first-order valence-corrected chi connectivity index (χ1v) is 10.8. The molecule has 2 aliphatic heterocycles. The summed E-state index contributed by atoms with van der Waals surface area (Å²) in [6.45, 7) is 7.01. The Morgan fingerprint density at radius 2 is 1.88 bits per heavy atom. The Hall–Kier alpha value is -1.48. The van der Waals surface area contributed by atoms with Crippen molar-refractivity contribution >= 4 is 21.4 Å². The molecule has 1 aromatic carbocycles. The molecule has 0 unspecified atom stereocenters. The van der Waals surface area contributed by atoms with Crippen molar-refractivity contribution in [1.29, 1.82) is 0 Å². The second-order valence-electron chi connectivity index (χ2n) is 7.32. The number of nitrogens with one attached hydrogen (secondary N) is 1. The van der Waals surface area contributed by atoms with Gasteiger partial charge in [-0.05, 0) is 31.0 Å². The molecule has 2 aliphatic rings. The van der Waals surface area contributed by atoms with E-state index in [1.54, 1.807) is 0 Å². The lowest BCUT2D eigenvalue weighted by Crippen LogP contribution is -2.54. The smallest absolute Gasteiger partial charge is 0.238 e. The Morgan fingerprint density at radius 1 is 1.19 bits per heavy atom. The number of aliphatic hydroxyl groups excluding tert-OH is 1. The summed E-state index contributed by atoms with van der Waals surface area (Å²) in [5.41, 5.74) is 3.05. The summed E-state index contributed by atoms with van der Waals surface area (Å²) < 4.78 is 23.4. The zero-order valence-electron chi connectivity index (χ0n) is 15.3. The van der Waals surface area contributed by atoms with Crippen molar-refractivity contribution in [2.24, 2.45) is 0 Å². The molecule has 0 aromatic heterocycles. The number of carbonyl (C=O) groups is 1. The van der Waals surface area contributed by atoms with E-state index in [0.29, 0.717) is 32.7 Å². The molecule has 0 bridgehead atoms. The molecule has 2 fully saturated rings. The zero-order chi connectivity index (χ0) is 18.9. The van der Waals surface area contributed by atoms with Crippen molar-refractivity contribution in [2.75, 3.05) is 49.5 Å². The maximum Gasteiger partial charge on any atom is 0.238 e. The Bertz CT molecular complexity index is 773. The van der Waals surface area contributed by atoms with E-state index < -0.39 is 15.9 Å². The number of carbonyl (C=O) groups excluding carboxylic acids is 1. The van der Waals surface area contributed by atoms with Crippen LogP contribution in [0.2, 0.25) is 0 Å². The first kappa shape index (κ1) is 19.3. The highest BCUT2D eigenvalue weighted by atomic mass is 32.2. The molecule has 2 atom stereocenters. The molecule has 1 aromatic rings. The Morgan fingerprint density at radius 3 is 2.50 bits per heavy atom. The van der Waals surface area contributed by atoms with Crippen LogP contribution in [0, 0.1) is 13.8 Å². The standard InChI is InChI=1S/C18H27N3O4S/c1-13-4-3-5-15(14(13)2)19-18(23)10-20-6-8-21(9-7-20)16-11-26(24,25)12-17(16)22/h3-5,16-17,22H,6-12H2,1-2H3,(H,19,23)/t16-,17-/m1/s1. The van der Waals surface area contributed by atoms with Crippen molar-refractivity contribution in [3.8, 4) is 0 Å². The summed E-state index contributed by atoms with van der Waals surface area (Å²) >= 11 is 0. The molecule has 0 spiro atoms. The topological polar surface area (TPSA) is 90.0 Å². The van der Waals surface area contributed by atoms with Crippen LogP contribution in [0.15, 0.2) is 18.2 Å². The predicted molar refractivity (Wildman–Crippen MR) is 101 cm³/mol.